The standard InChI is InChI=1S/C10H20N2O3/c1-2-3-7(11)4-10(15)12-5-8(13)9(14)6-12/h7-9,13-14H,2-6,11H2,1H3. The summed E-state index contributed by atoms with van der Waals surface area (Å²) in [5, 5.41) is 18.6. The summed E-state index contributed by atoms with van der Waals surface area (Å²) in [6, 6.07) is -0.114. The summed E-state index contributed by atoms with van der Waals surface area (Å²) < 4.78 is 0. The highest BCUT2D eigenvalue weighted by Gasteiger charge is 2.32. The molecular weight excluding hydrogens is 196 g/mol. The third-order valence-electron chi connectivity index (χ3n) is 2.71. The average Bonchev–Trinajstić information content (AvgIpc) is 2.47. The van der Waals surface area contributed by atoms with Gasteiger partial charge in [0.25, 0.3) is 0 Å². The van der Waals surface area contributed by atoms with Crippen LogP contribution < -0.4 is 5.73 Å². The molecule has 15 heavy (non-hydrogen) atoms. The first kappa shape index (κ1) is 12.4. The topological polar surface area (TPSA) is 86.8 Å². The Morgan fingerprint density at radius 1 is 1.47 bits per heavy atom. The van der Waals surface area contributed by atoms with Crippen molar-refractivity contribution in [2.75, 3.05) is 13.1 Å². The lowest BCUT2D eigenvalue weighted by Gasteiger charge is -2.17. The molecule has 1 fully saturated rings. The van der Waals surface area contributed by atoms with Crippen molar-refractivity contribution in [1.29, 1.82) is 0 Å². The fourth-order valence-electron chi connectivity index (χ4n) is 1.80. The molecule has 5 nitrogen and oxygen atoms in total. The molecule has 0 aromatic rings. The Morgan fingerprint density at radius 3 is 2.47 bits per heavy atom. The van der Waals surface area contributed by atoms with Gasteiger partial charge in [0.1, 0.15) is 0 Å². The van der Waals surface area contributed by atoms with Gasteiger partial charge >= 0.3 is 0 Å². The summed E-state index contributed by atoms with van der Waals surface area (Å²) in [4.78, 5) is 13.1. The number of β-amino-alcohol motifs (C(OH)–C–C–N with tert-alkyl or cyclic N) is 2. The normalized spacial score (nSPS) is 28.1. The van der Waals surface area contributed by atoms with Gasteiger partial charge in [0.15, 0.2) is 0 Å². The fourth-order valence-corrected chi connectivity index (χ4v) is 1.80. The SMILES string of the molecule is CCCC(N)CC(=O)N1CC(O)C(O)C1. The number of aliphatic hydroxyl groups excluding tert-OH is 2. The fraction of sp³-hybridized carbons (Fsp3) is 0.900. The van der Waals surface area contributed by atoms with Crippen LogP contribution in [0.2, 0.25) is 0 Å². The molecule has 0 spiro atoms. The van der Waals surface area contributed by atoms with E-state index in [-0.39, 0.29) is 25.0 Å². The van der Waals surface area contributed by atoms with Crippen LogP contribution in [0.25, 0.3) is 0 Å². The van der Waals surface area contributed by atoms with Crippen molar-refractivity contribution < 1.29 is 15.0 Å². The molecule has 5 heteroatoms. The molecule has 1 heterocycles. The molecular formula is C10H20N2O3. The molecule has 1 amide bonds. The van der Waals surface area contributed by atoms with Gasteiger partial charge in [-0.1, -0.05) is 13.3 Å². The zero-order valence-corrected chi connectivity index (χ0v) is 9.09. The third kappa shape index (κ3) is 3.44. The zero-order chi connectivity index (χ0) is 11.4. The van der Waals surface area contributed by atoms with Crippen molar-refractivity contribution in [2.45, 2.75) is 44.4 Å². The van der Waals surface area contributed by atoms with Gasteiger partial charge in [0, 0.05) is 25.6 Å². The van der Waals surface area contributed by atoms with Crippen LogP contribution in [-0.4, -0.2) is 52.4 Å². The molecule has 0 saturated carbocycles. The van der Waals surface area contributed by atoms with Crippen LogP contribution >= 0.6 is 0 Å². The number of hydrogen-bond acceptors (Lipinski definition) is 4. The van der Waals surface area contributed by atoms with Crippen molar-refractivity contribution in [3.63, 3.8) is 0 Å². The first-order chi connectivity index (χ1) is 7.04. The van der Waals surface area contributed by atoms with E-state index in [4.69, 9.17) is 5.73 Å². The van der Waals surface area contributed by atoms with Crippen molar-refractivity contribution >= 4 is 5.91 Å². The first-order valence-electron chi connectivity index (χ1n) is 5.44. The molecule has 0 radical (unpaired) electrons. The van der Waals surface area contributed by atoms with Crippen LogP contribution in [0.1, 0.15) is 26.2 Å². The van der Waals surface area contributed by atoms with Gasteiger partial charge in [-0.3, -0.25) is 4.79 Å². The Kier molecular flexibility index (Phi) is 4.50. The number of likely N-dealkylation sites (tertiary alicyclic amines) is 1. The molecule has 1 aliphatic heterocycles. The maximum atomic E-state index is 11.6. The van der Waals surface area contributed by atoms with Crippen LogP contribution in [0, 0.1) is 0 Å². The van der Waals surface area contributed by atoms with Crippen molar-refractivity contribution in [3.05, 3.63) is 0 Å². The Hall–Kier alpha value is -0.650. The highest BCUT2D eigenvalue weighted by atomic mass is 16.3. The van der Waals surface area contributed by atoms with E-state index < -0.39 is 12.2 Å². The van der Waals surface area contributed by atoms with E-state index in [9.17, 15) is 15.0 Å². The van der Waals surface area contributed by atoms with E-state index in [1.165, 1.54) is 4.90 Å². The molecule has 0 bridgehead atoms. The van der Waals surface area contributed by atoms with E-state index in [0.717, 1.165) is 12.8 Å². The second-order valence-electron chi connectivity index (χ2n) is 4.19. The number of aliphatic hydroxyl groups is 2. The molecule has 1 aliphatic rings. The van der Waals surface area contributed by atoms with Gasteiger partial charge in [-0.25, -0.2) is 0 Å². The second-order valence-corrected chi connectivity index (χ2v) is 4.19. The van der Waals surface area contributed by atoms with Crippen LogP contribution in [0.5, 0.6) is 0 Å². The lowest BCUT2D eigenvalue weighted by atomic mass is 10.1. The molecule has 88 valence electrons. The molecule has 0 aromatic heterocycles. The van der Waals surface area contributed by atoms with Crippen LogP contribution in [0.4, 0.5) is 0 Å². The number of rotatable bonds is 4. The summed E-state index contributed by atoms with van der Waals surface area (Å²) in [7, 11) is 0. The summed E-state index contributed by atoms with van der Waals surface area (Å²) in [6.45, 7) is 2.46. The van der Waals surface area contributed by atoms with E-state index in [1.807, 2.05) is 6.92 Å². The first-order valence-corrected chi connectivity index (χ1v) is 5.44. The summed E-state index contributed by atoms with van der Waals surface area (Å²) in [5.74, 6) is -0.0773. The number of hydrogen-bond donors (Lipinski definition) is 3. The molecule has 3 atom stereocenters. The monoisotopic (exact) mass is 216 g/mol. The van der Waals surface area contributed by atoms with Crippen molar-refractivity contribution in [2.24, 2.45) is 5.73 Å². The number of carbonyl (C=O) groups is 1. The highest BCUT2D eigenvalue weighted by molar-refractivity contribution is 5.77. The summed E-state index contributed by atoms with van der Waals surface area (Å²) >= 11 is 0. The predicted octanol–water partition coefficient (Wildman–Crippen LogP) is -0.932. The molecule has 4 N–H and O–H groups in total. The number of carbonyl (C=O) groups excluding carboxylic acids is 1. The zero-order valence-electron chi connectivity index (χ0n) is 9.09. The van der Waals surface area contributed by atoms with Gasteiger partial charge in [0.05, 0.1) is 12.2 Å². The highest BCUT2D eigenvalue weighted by Crippen LogP contribution is 2.12. The largest absolute Gasteiger partial charge is 0.388 e. The number of nitrogens with zero attached hydrogens (tertiary/aromatic N) is 1. The number of amides is 1. The van der Waals surface area contributed by atoms with Crippen LogP contribution in [0.3, 0.4) is 0 Å². The minimum atomic E-state index is -0.809. The molecule has 1 saturated heterocycles. The van der Waals surface area contributed by atoms with Crippen molar-refractivity contribution in [1.82, 2.24) is 4.90 Å². The lowest BCUT2D eigenvalue weighted by molar-refractivity contribution is -0.131. The molecule has 3 unspecified atom stereocenters. The number of nitrogens with two attached hydrogens (primary N) is 1. The summed E-state index contributed by atoms with van der Waals surface area (Å²) in [5.41, 5.74) is 5.75. The van der Waals surface area contributed by atoms with Gasteiger partial charge in [-0.15, -0.1) is 0 Å². The third-order valence-corrected chi connectivity index (χ3v) is 2.71. The smallest absolute Gasteiger partial charge is 0.224 e. The average molecular weight is 216 g/mol. The Morgan fingerprint density at radius 2 is 2.00 bits per heavy atom. The molecule has 0 aliphatic carbocycles. The van der Waals surface area contributed by atoms with Gasteiger partial charge in [-0.05, 0) is 6.42 Å². The minimum Gasteiger partial charge on any atom is -0.388 e. The maximum absolute atomic E-state index is 11.6. The van der Waals surface area contributed by atoms with Gasteiger partial charge < -0.3 is 20.8 Å². The van der Waals surface area contributed by atoms with Crippen LogP contribution in [0.15, 0.2) is 0 Å². The van der Waals surface area contributed by atoms with Crippen molar-refractivity contribution in [3.8, 4) is 0 Å². The summed E-state index contributed by atoms with van der Waals surface area (Å²) in [6.07, 6.45) is 0.463. The second kappa shape index (κ2) is 5.44. The quantitative estimate of drug-likeness (QED) is 0.566. The minimum absolute atomic E-state index is 0.0773. The molecule has 1 rings (SSSR count). The Balaban J connectivity index is 2.35. The Labute approximate surface area is 89.9 Å². The van der Waals surface area contributed by atoms with E-state index >= 15 is 0 Å². The Bertz CT molecular complexity index is 213. The van der Waals surface area contributed by atoms with E-state index in [0.29, 0.717) is 6.42 Å². The van der Waals surface area contributed by atoms with Gasteiger partial charge in [0.2, 0.25) is 5.91 Å². The molecule has 0 aromatic carbocycles. The lowest BCUT2D eigenvalue weighted by Crippen LogP contribution is -2.35. The van der Waals surface area contributed by atoms with E-state index in [1.54, 1.807) is 0 Å². The maximum Gasteiger partial charge on any atom is 0.224 e. The van der Waals surface area contributed by atoms with E-state index in [2.05, 4.69) is 0 Å². The predicted molar refractivity (Wildman–Crippen MR) is 56.1 cm³/mol. The van der Waals surface area contributed by atoms with Crippen LogP contribution in [-0.2, 0) is 4.79 Å². The van der Waals surface area contributed by atoms with Gasteiger partial charge in [-0.2, -0.15) is 0 Å².